The highest BCUT2D eigenvalue weighted by atomic mass is 35.7. The summed E-state index contributed by atoms with van der Waals surface area (Å²) in [4.78, 5) is 0. The predicted octanol–water partition coefficient (Wildman–Crippen LogP) is 2.28. The van der Waals surface area contributed by atoms with Crippen molar-refractivity contribution >= 4 is 29.8 Å². The van der Waals surface area contributed by atoms with Gasteiger partial charge in [0.2, 0.25) is 5.13 Å². The van der Waals surface area contributed by atoms with Crippen LogP contribution in [0.2, 0.25) is 0 Å². The van der Waals surface area contributed by atoms with E-state index in [4.69, 9.17) is 22.8 Å². The minimum Gasteiger partial charge on any atom is -0.292 e. The molecule has 1 fully saturated rings. The lowest BCUT2D eigenvalue weighted by atomic mass is 10.4. The Morgan fingerprint density at radius 3 is 2.20 bits per heavy atom. The van der Waals surface area contributed by atoms with Gasteiger partial charge in [-0.05, 0) is 0 Å². The maximum Gasteiger partial charge on any atom is 0.424 e. The van der Waals surface area contributed by atoms with Gasteiger partial charge in [0, 0.05) is 11.2 Å². The van der Waals surface area contributed by atoms with Crippen molar-refractivity contribution in [2.45, 2.75) is 5.13 Å². The summed E-state index contributed by atoms with van der Waals surface area (Å²) >= 11 is 10.2. The lowest BCUT2D eigenvalue weighted by Gasteiger charge is -2.25. The smallest absolute Gasteiger partial charge is 0.292 e. The molecule has 10 heavy (non-hydrogen) atoms. The fraction of sp³-hybridized carbons (Fsp3) is 1.00. The van der Waals surface area contributed by atoms with E-state index in [9.17, 15) is 8.96 Å². The fourth-order valence-electron chi connectivity index (χ4n) is 0.422. The topological polar surface area (TPSA) is 35.5 Å². The van der Waals surface area contributed by atoms with Gasteiger partial charge in [-0.25, -0.2) is 8.96 Å². The molecule has 1 aliphatic rings. The quantitative estimate of drug-likeness (QED) is 0.453. The molecule has 60 valence electrons. The van der Waals surface area contributed by atoms with Gasteiger partial charge in [-0.1, -0.05) is 11.6 Å². The Morgan fingerprint density at radius 2 is 1.90 bits per heavy atom. The molecular formula is C3H4Cl2FO3P. The molecule has 7 heteroatoms. The minimum absolute atomic E-state index is 0.505. The van der Waals surface area contributed by atoms with E-state index in [-0.39, 0.29) is 0 Å². The summed E-state index contributed by atoms with van der Waals surface area (Å²) in [7, 11) is 0. The zero-order chi connectivity index (χ0) is 7.83. The summed E-state index contributed by atoms with van der Waals surface area (Å²) in [5.41, 5.74) is 0. The van der Waals surface area contributed by atoms with Crippen LogP contribution in [0, 0.1) is 0 Å². The first-order valence-corrected chi connectivity index (χ1v) is 5.20. The van der Waals surface area contributed by atoms with E-state index in [0.29, 0.717) is 0 Å². The lowest BCUT2D eigenvalue weighted by Crippen LogP contribution is -2.31. The Labute approximate surface area is 66.7 Å². The molecule has 0 bridgehead atoms. The highest BCUT2D eigenvalue weighted by Gasteiger charge is 2.40. The van der Waals surface area contributed by atoms with E-state index < -0.39 is 25.3 Å². The van der Waals surface area contributed by atoms with Crippen molar-refractivity contribution in [2.75, 3.05) is 13.2 Å². The molecule has 0 aromatic heterocycles. The van der Waals surface area contributed by atoms with E-state index in [1.807, 2.05) is 0 Å². The summed E-state index contributed by atoms with van der Waals surface area (Å²) in [5.74, 6) is 0. The Hall–Kier alpha value is 0.660. The largest absolute Gasteiger partial charge is 0.424 e. The Balaban J connectivity index is 2.54. The maximum absolute atomic E-state index is 12.6. The summed E-state index contributed by atoms with van der Waals surface area (Å²) in [6, 6.07) is 0. The van der Waals surface area contributed by atoms with Crippen LogP contribution in [0.15, 0.2) is 0 Å². The second kappa shape index (κ2) is 2.61. The average Bonchev–Trinajstić information content (AvgIpc) is 1.79. The van der Waals surface area contributed by atoms with Crippen molar-refractivity contribution in [2.24, 2.45) is 0 Å². The molecular weight excluding hydrogens is 205 g/mol. The highest BCUT2D eigenvalue weighted by Crippen LogP contribution is 2.57. The molecule has 0 aliphatic carbocycles. The van der Waals surface area contributed by atoms with Crippen LogP contribution < -0.4 is 0 Å². The first-order valence-electron chi connectivity index (χ1n) is 2.38. The van der Waals surface area contributed by atoms with E-state index >= 15 is 0 Å². The van der Waals surface area contributed by atoms with Crippen LogP contribution >= 0.6 is 29.8 Å². The zero-order valence-electron chi connectivity index (χ0n) is 4.72. The van der Waals surface area contributed by atoms with Crippen LogP contribution in [-0.4, -0.2) is 18.3 Å². The molecule has 0 saturated carbocycles. The minimum atomic E-state index is -3.52. The molecule has 0 atom stereocenters. The summed E-state index contributed by atoms with van der Waals surface area (Å²) in [6.45, 7) is -4.53. The monoisotopic (exact) mass is 208 g/mol. The van der Waals surface area contributed by atoms with Gasteiger partial charge >= 0.3 is 6.95 Å². The van der Waals surface area contributed by atoms with Crippen molar-refractivity contribution in [3.05, 3.63) is 0 Å². The first kappa shape index (κ1) is 8.75. The molecule has 0 unspecified atom stereocenters. The second-order valence-corrected chi connectivity index (χ2v) is 5.13. The van der Waals surface area contributed by atoms with E-state index in [1.54, 1.807) is 0 Å². The van der Waals surface area contributed by atoms with Gasteiger partial charge in [0.15, 0.2) is 0 Å². The van der Waals surface area contributed by atoms with Crippen molar-refractivity contribution in [3.8, 4) is 0 Å². The van der Waals surface area contributed by atoms with Gasteiger partial charge in [0.05, 0.1) is 0 Å². The van der Waals surface area contributed by atoms with Crippen molar-refractivity contribution in [1.82, 2.24) is 0 Å². The van der Waals surface area contributed by atoms with E-state index in [0.717, 1.165) is 0 Å². The first-order chi connectivity index (χ1) is 4.41. The van der Waals surface area contributed by atoms with Crippen LogP contribution in [0.5, 0.6) is 0 Å². The molecule has 0 aromatic rings. The number of rotatable bonds is 0. The zero-order valence-corrected chi connectivity index (χ0v) is 7.13. The number of alkyl halides is 2. The number of halogens is 3. The molecule has 0 amide bonds. The van der Waals surface area contributed by atoms with Crippen LogP contribution in [0.4, 0.5) is 4.39 Å². The summed E-state index contributed by atoms with van der Waals surface area (Å²) in [6.07, 6.45) is 0. The molecule has 0 radical (unpaired) electrons. The average molecular weight is 209 g/mol. The van der Waals surface area contributed by atoms with Crippen LogP contribution in [-0.2, 0) is 13.6 Å². The highest BCUT2D eigenvalue weighted by molar-refractivity contribution is 7.81. The Morgan fingerprint density at radius 1 is 1.50 bits per heavy atom. The van der Waals surface area contributed by atoms with E-state index in [2.05, 4.69) is 9.05 Å². The summed E-state index contributed by atoms with van der Waals surface area (Å²) < 4.78 is 31.7. The van der Waals surface area contributed by atoms with Crippen molar-refractivity contribution < 1.29 is 18.0 Å². The lowest BCUT2D eigenvalue weighted by molar-refractivity contribution is 0.0485. The summed E-state index contributed by atoms with van der Waals surface area (Å²) in [5, 5.41) is -2.09. The fourth-order valence-corrected chi connectivity index (χ4v) is 1.77. The van der Waals surface area contributed by atoms with Gasteiger partial charge in [-0.2, -0.15) is 0 Å². The SMILES string of the molecule is O=P1(Cl)OCC(F)(Cl)CO1. The van der Waals surface area contributed by atoms with Gasteiger partial charge in [-0.3, -0.25) is 9.05 Å². The maximum atomic E-state index is 12.6. The van der Waals surface area contributed by atoms with Crippen molar-refractivity contribution in [1.29, 1.82) is 0 Å². The second-order valence-electron chi connectivity index (χ2n) is 1.83. The molecule has 1 saturated heterocycles. The van der Waals surface area contributed by atoms with Crippen LogP contribution in [0.3, 0.4) is 0 Å². The van der Waals surface area contributed by atoms with Gasteiger partial charge in [0.1, 0.15) is 13.2 Å². The van der Waals surface area contributed by atoms with Crippen LogP contribution in [0.25, 0.3) is 0 Å². The Bertz CT molecular complexity index is 171. The molecule has 3 nitrogen and oxygen atoms in total. The third-order valence-corrected chi connectivity index (χ3v) is 2.54. The number of hydrogen-bond donors (Lipinski definition) is 0. The van der Waals surface area contributed by atoms with Gasteiger partial charge < -0.3 is 0 Å². The molecule has 0 N–H and O–H groups in total. The van der Waals surface area contributed by atoms with Gasteiger partial charge in [-0.15, -0.1) is 0 Å². The molecule has 1 rings (SSSR count). The normalized spacial score (nSPS) is 49.1. The van der Waals surface area contributed by atoms with E-state index in [1.165, 1.54) is 0 Å². The number of hydrogen-bond acceptors (Lipinski definition) is 3. The predicted molar refractivity (Wildman–Crippen MR) is 35.1 cm³/mol. The van der Waals surface area contributed by atoms with Crippen molar-refractivity contribution in [3.63, 3.8) is 0 Å². The molecule has 0 spiro atoms. The third kappa shape index (κ3) is 2.36. The third-order valence-electron chi connectivity index (χ3n) is 0.860. The molecule has 0 aromatic carbocycles. The molecule has 1 heterocycles. The van der Waals surface area contributed by atoms with Gasteiger partial charge in [0.25, 0.3) is 0 Å². The molecule has 1 aliphatic heterocycles. The standard InChI is InChI=1S/C3H4Cl2FO3P/c4-3(6)1-8-10(5,7)9-2-3/h1-2H2. The van der Waals surface area contributed by atoms with Crippen LogP contribution in [0.1, 0.15) is 0 Å². The Kier molecular flexibility index (Phi) is 2.28.